The first-order valence-corrected chi connectivity index (χ1v) is 9.05. The highest BCUT2D eigenvalue weighted by Crippen LogP contribution is 2.10. The van der Waals surface area contributed by atoms with E-state index < -0.39 is 0 Å². The second-order valence-electron chi connectivity index (χ2n) is 5.77. The Hall–Kier alpha value is -1.32. The number of nitrogens with one attached hydrogen (secondary N) is 1. The molecule has 2 nitrogen and oxygen atoms in total. The van der Waals surface area contributed by atoms with Crippen molar-refractivity contribution in [1.82, 2.24) is 10.2 Å². The molecule has 2 rings (SSSR count). The molecule has 24 heavy (non-hydrogen) atoms. The number of nitrogens with zero attached hydrogens (tertiary/aromatic N) is 1. The Bertz CT molecular complexity index is 558. The van der Waals surface area contributed by atoms with Crippen molar-refractivity contribution in [2.75, 3.05) is 19.6 Å². The lowest BCUT2D eigenvalue weighted by Crippen LogP contribution is -2.27. The van der Waals surface area contributed by atoms with E-state index in [4.69, 9.17) is 23.2 Å². The zero-order valence-electron chi connectivity index (χ0n) is 13.8. The van der Waals surface area contributed by atoms with E-state index in [9.17, 15) is 0 Å². The van der Waals surface area contributed by atoms with Crippen LogP contribution in [-0.4, -0.2) is 24.5 Å². The summed E-state index contributed by atoms with van der Waals surface area (Å²) in [6, 6.07) is 21.2. The average molecular weight is 363 g/mol. The van der Waals surface area contributed by atoms with Gasteiger partial charge >= 0.3 is 0 Å². The van der Waals surface area contributed by atoms with Crippen molar-refractivity contribution in [2.24, 2.45) is 0 Å². The summed E-state index contributed by atoms with van der Waals surface area (Å²) in [7, 11) is 0. The third-order valence-corrected chi connectivity index (χ3v) is 4.36. The largest absolute Gasteiger partial charge is 0.312 e. The van der Waals surface area contributed by atoms with Gasteiger partial charge in [0.25, 0.3) is 0 Å². The SMILES string of the molecule is Cl/C=C(/Cl)CNCCCN(Cc1ccccc1)Cc1ccccc1. The topological polar surface area (TPSA) is 15.3 Å². The van der Waals surface area contributed by atoms with Crippen LogP contribution < -0.4 is 5.32 Å². The Labute approximate surface area is 155 Å². The fourth-order valence-corrected chi connectivity index (χ4v) is 2.74. The highest BCUT2D eigenvalue weighted by molar-refractivity contribution is 6.36. The normalized spacial score (nSPS) is 11.9. The summed E-state index contributed by atoms with van der Waals surface area (Å²) in [6.07, 6.45) is 1.06. The maximum atomic E-state index is 5.88. The molecule has 0 saturated carbocycles. The number of hydrogen-bond acceptors (Lipinski definition) is 2. The maximum absolute atomic E-state index is 5.88. The van der Waals surface area contributed by atoms with Crippen LogP contribution in [0, 0.1) is 0 Å². The van der Waals surface area contributed by atoms with E-state index in [2.05, 4.69) is 70.9 Å². The molecular weight excluding hydrogens is 339 g/mol. The molecule has 2 aromatic rings. The van der Waals surface area contributed by atoms with Gasteiger partial charge in [0.2, 0.25) is 0 Å². The third kappa shape index (κ3) is 7.50. The van der Waals surface area contributed by atoms with Gasteiger partial charge in [0.15, 0.2) is 0 Å². The van der Waals surface area contributed by atoms with Crippen molar-refractivity contribution in [3.05, 3.63) is 82.4 Å². The summed E-state index contributed by atoms with van der Waals surface area (Å²) in [4.78, 5) is 2.48. The lowest BCUT2D eigenvalue weighted by molar-refractivity contribution is 0.252. The van der Waals surface area contributed by atoms with E-state index in [1.165, 1.54) is 16.7 Å². The van der Waals surface area contributed by atoms with Gasteiger partial charge in [-0.25, -0.2) is 0 Å². The quantitative estimate of drug-likeness (QED) is 0.599. The van der Waals surface area contributed by atoms with Crippen molar-refractivity contribution in [2.45, 2.75) is 19.5 Å². The Morgan fingerprint density at radius 2 is 1.46 bits per heavy atom. The van der Waals surface area contributed by atoms with Crippen LogP contribution in [0.4, 0.5) is 0 Å². The fourth-order valence-electron chi connectivity index (χ4n) is 2.57. The molecule has 4 heteroatoms. The van der Waals surface area contributed by atoms with Gasteiger partial charge in [-0.1, -0.05) is 83.9 Å². The van der Waals surface area contributed by atoms with Crippen LogP contribution in [0.1, 0.15) is 17.5 Å². The second-order valence-corrected chi connectivity index (χ2v) is 6.47. The molecule has 0 amide bonds. The monoisotopic (exact) mass is 362 g/mol. The van der Waals surface area contributed by atoms with E-state index in [0.29, 0.717) is 11.6 Å². The fraction of sp³-hybridized carbons (Fsp3) is 0.300. The van der Waals surface area contributed by atoms with Gasteiger partial charge in [-0.15, -0.1) is 0 Å². The third-order valence-electron chi connectivity index (χ3n) is 3.74. The number of hydrogen-bond donors (Lipinski definition) is 1. The number of rotatable bonds is 10. The van der Waals surface area contributed by atoms with Crippen molar-refractivity contribution < 1.29 is 0 Å². The van der Waals surface area contributed by atoms with Gasteiger partial charge in [0, 0.05) is 36.7 Å². The van der Waals surface area contributed by atoms with Crippen LogP contribution in [0.5, 0.6) is 0 Å². The first kappa shape index (κ1) is 19.0. The molecule has 0 atom stereocenters. The first-order chi connectivity index (χ1) is 11.8. The summed E-state index contributed by atoms with van der Waals surface area (Å²) in [5.41, 5.74) is 4.09. The molecule has 0 saturated heterocycles. The maximum Gasteiger partial charge on any atom is 0.0431 e. The van der Waals surface area contributed by atoms with Gasteiger partial charge in [-0.3, -0.25) is 4.90 Å². The predicted octanol–water partition coefficient (Wildman–Crippen LogP) is 4.99. The van der Waals surface area contributed by atoms with Gasteiger partial charge in [0.1, 0.15) is 0 Å². The molecule has 0 aliphatic carbocycles. The molecule has 0 aliphatic heterocycles. The average Bonchev–Trinajstić information content (AvgIpc) is 2.62. The highest BCUT2D eigenvalue weighted by Gasteiger charge is 2.07. The molecule has 0 aliphatic rings. The number of benzene rings is 2. The molecule has 2 aromatic carbocycles. The van der Waals surface area contributed by atoms with Crippen LogP contribution in [0.3, 0.4) is 0 Å². The van der Waals surface area contributed by atoms with Crippen molar-refractivity contribution in [1.29, 1.82) is 0 Å². The van der Waals surface area contributed by atoms with Crippen LogP contribution in [0.15, 0.2) is 71.2 Å². The molecule has 0 bridgehead atoms. The zero-order valence-corrected chi connectivity index (χ0v) is 15.3. The molecule has 0 spiro atoms. The Balaban J connectivity index is 1.85. The van der Waals surface area contributed by atoms with E-state index in [-0.39, 0.29) is 0 Å². The van der Waals surface area contributed by atoms with E-state index in [1.807, 2.05) is 0 Å². The molecule has 0 heterocycles. The standard InChI is InChI=1S/C20H24Cl2N2/c21-14-20(22)15-23-12-7-13-24(16-18-8-3-1-4-9-18)17-19-10-5-2-6-11-19/h1-6,8-11,14,23H,7,12-13,15-17H2/b20-14+. The van der Waals surface area contributed by atoms with E-state index in [0.717, 1.165) is 32.6 Å². The lowest BCUT2D eigenvalue weighted by Gasteiger charge is -2.23. The van der Waals surface area contributed by atoms with E-state index in [1.54, 1.807) is 0 Å². The summed E-state index contributed by atoms with van der Waals surface area (Å²) >= 11 is 11.4. The lowest BCUT2D eigenvalue weighted by atomic mass is 10.1. The highest BCUT2D eigenvalue weighted by atomic mass is 35.5. The molecule has 0 radical (unpaired) electrons. The minimum Gasteiger partial charge on any atom is -0.312 e. The summed E-state index contributed by atoms with van der Waals surface area (Å²) in [5, 5.41) is 3.95. The predicted molar refractivity (Wildman–Crippen MR) is 104 cm³/mol. The minimum absolute atomic E-state index is 0.627. The molecule has 0 unspecified atom stereocenters. The van der Waals surface area contributed by atoms with Gasteiger partial charge in [0.05, 0.1) is 0 Å². The van der Waals surface area contributed by atoms with Crippen LogP contribution in [-0.2, 0) is 13.1 Å². The van der Waals surface area contributed by atoms with Crippen molar-refractivity contribution >= 4 is 23.2 Å². The van der Waals surface area contributed by atoms with Crippen molar-refractivity contribution in [3.8, 4) is 0 Å². The van der Waals surface area contributed by atoms with Gasteiger partial charge in [-0.2, -0.15) is 0 Å². The summed E-state index contributed by atoms with van der Waals surface area (Å²) in [5.74, 6) is 0. The molecule has 1 N–H and O–H groups in total. The zero-order chi connectivity index (χ0) is 17.0. The Kier molecular flexibility index (Phi) is 8.93. The Morgan fingerprint density at radius 3 is 1.96 bits per heavy atom. The van der Waals surface area contributed by atoms with Gasteiger partial charge < -0.3 is 5.32 Å². The second kappa shape index (κ2) is 11.3. The van der Waals surface area contributed by atoms with Crippen LogP contribution in [0.2, 0.25) is 0 Å². The van der Waals surface area contributed by atoms with E-state index >= 15 is 0 Å². The van der Waals surface area contributed by atoms with Crippen LogP contribution in [0.25, 0.3) is 0 Å². The molecule has 128 valence electrons. The Morgan fingerprint density at radius 1 is 0.917 bits per heavy atom. The molecule has 0 aromatic heterocycles. The summed E-state index contributed by atoms with van der Waals surface area (Å²) in [6.45, 7) is 4.48. The van der Waals surface area contributed by atoms with Crippen molar-refractivity contribution in [3.63, 3.8) is 0 Å². The summed E-state index contributed by atoms with van der Waals surface area (Å²) < 4.78 is 0. The van der Waals surface area contributed by atoms with Crippen LogP contribution >= 0.6 is 23.2 Å². The first-order valence-electron chi connectivity index (χ1n) is 8.23. The molecule has 0 fully saturated rings. The minimum atomic E-state index is 0.627. The number of halogens is 2. The van der Waals surface area contributed by atoms with Gasteiger partial charge in [-0.05, 0) is 24.1 Å². The smallest absolute Gasteiger partial charge is 0.0431 e. The molecular formula is C20H24Cl2N2.